The molecule has 1 aromatic carbocycles. The van der Waals surface area contributed by atoms with Crippen LogP contribution in [0.15, 0.2) is 100 Å². The third kappa shape index (κ3) is 6.76. The second-order valence-electron chi connectivity index (χ2n) is 10.6. The second kappa shape index (κ2) is 12.6. The summed E-state index contributed by atoms with van der Waals surface area (Å²) in [6, 6.07) is 7.06. The van der Waals surface area contributed by atoms with Crippen molar-refractivity contribution in [2.75, 3.05) is 32.8 Å². The van der Waals surface area contributed by atoms with Gasteiger partial charge in [0.05, 0.1) is 12.2 Å². The van der Waals surface area contributed by atoms with Crippen molar-refractivity contribution in [1.82, 2.24) is 26.0 Å². The van der Waals surface area contributed by atoms with E-state index < -0.39 is 0 Å². The second-order valence-corrected chi connectivity index (χ2v) is 10.6. The summed E-state index contributed by atoms with van der Waals surface area (Å²) < 4.78 is 13.7. The number of benzene rings is 1. The summed E-state index contributed by atoms with van der Waals surface area (Å²) in [7, 11) is 0. The van der Waals surface area contributed by atoms with Crippen molar-refractivity contribution >= 4 is 5.84 Å². The number of nitrogens with one attached hydrogen (secondary N) is 3. The van der Waals surface area contributed by atoms with Crippen molar-refractivity contribution in [3.05, 3.63) is 106 Å². The Balaban J connectivity index is 1.33. The first-order valence-corrected chi connectivity index (χ1v) is 13.9. The zero-order chi connectivity index (χ0) is 27.2. The molecule has 0 radical (unpaired) electrons. The van der Waals surface area contributed by atoms with Gasteiger partial charge in [-0.1, -0.05) is 30.9 Å². The summed E-state index contributed by atoms with van der Waals surface area (Å²) in [6.07, 6.45) is 14.7. The lowest BCUT2D eigenvalue weighted by atomic mass is 10.0. The highest BCUT2D eigenvalue weighted by Crippen LogP contribution is 2.26. The number of likely N-dealkylation sites (tertiary alicyclic amines) is 1. The molecule has 8 heteroatoms. The lowest BCUT2D eigenvalue weighted by molar-refractivity contribution is 0.281. The zero-order valence-electron chi connectivity index (χ0n) is 22.8. The number of hydrogen-bond acceptors (Lipinski definition) is 7. The predicted molar refractivity (Wildman–Crippen MR) is 157 cm³/mol. The smallest absolute Gasteiger partial charge is 0.136 e. The molecule has 5 rings (SSSR count). The van der Waals surface area contributed by atoms with Crippen LogP contribution < -0.4 is 21.8 Å². The SMILES string of the molecule is C=C(CN1CCCC(N)CC1)C1=C(/C=C\C)NCN=C1NC1=CC2=C(C=CC1)N(Cc1cccc(F)c1)NC2. The predicted octanol–water partition coefficient (Wildman–Crippen LogP) is 3.99. The minimum atomic E-state index is -0.214. The molecule has 39 heavy (non-hydrogen) atoms. The number of halogens is 1. The molecule has 0 amide bonds. The molecule has 1 unspecified atom stereocenters. The van der Waals surface area contributed by atoms with Gasteiger partial charge in [0.25, 0.3) is 0 Å². The minimum absolute atomic E-state index is 0.214. The number of nitrogens with two attached hydrogens (primary N) is 1. The highest BCUT2D eigenvalue weighted by molar-refractivity contribution is 6.04. The topological polar surface area (TPSA) is 80.9 Å². The molecule has 3 aliphatic heterocycles. The van der Waals surface area contributed by atoms with E-state index in [0.29, 0.717) is 25.8 Å². The Bertz CT molecular complexity index is 1270. The van der Waals surface area contributed by atoms with Crippen molar-refractivity contribution in [2.24, 2.45) is 10.7 Å². The first-order valence-electron chi connectivity index (χ1n) is 13.9. The Hall–Kier alpha value is -3.46. The van der Waals surface area contributed by atoms with Gasteiger partial charge in [0.2, 0.25) is 0 Å². The molecule has 1 saturated heterocycles. The molecule has 7 nitrogen and oxygen atoms in total. The van der Waals surface area contributed by atoms with E-state index in [1.54, 1.807) is 12.1 Å². The van der Waals surface area contributed by atoms with E-state index in [1.807, 2.05) is 19.1 Å². The highest BCUT2D eigenvalue weighted by Gasteiger charge is 2.25. The Kier molecular flexibility index (Phi) is 8.76. The van der Waals surface area contributed by atoms with Crippen LogP contribution >= 0.6 is 0 Å². The van der Waals surface area contributed by atoms with Gasteiger partial charge in [0.1, 0.15) is 18.3 Å². The first-order chi connectivity index (χ1) is 19.0. The van der Waals surface area contributed by atoms with Crippen LogP contribution in [0.25, 0.3) is 0 Å². The average Bonchev–Trinajstić information content (AvgIpc) is 3.05. The molecule has 5 N–H and O–H groups in total. The highest BCUT2D eigenvalue weighted by atomic mass is 19.1. The van der Waals surface area contributed by atoms with E-state index in [-0.39, 0.29) is 5.82 Å². The summed E-state index contributed by atoms with van der Waals surface area (Å²) in [5.74, 6) is 0.637. The van der Waals surface area contributed by atoms with Crippen LogP contribution in [0, 0.1) is 5.82 Å². The first kappa shape index (κ1) is 27.1. The van der Waals surface area contributed by atoms with E-state index in [2.05, 4.69) is 56.9 Å². The van der Waals surface area contributed by atoms with Crippen LogP contribution in [-0.4, -0.2) is 54.6 Å². The van der Waals surface area contributed by atoms with Crippen molar-refractivity contribution in [3.63, 3.8) is 0 Å². The van der Waals surface area contributed by atoms with E-state index >= 15 is 0 Å². The minimum Gasteiger partial charge on any atom is -0.366 e. The number of amidine groups is 1. The van der Waals surface area contributed by atoms with E-state index in [9.17, 15) is 4.39 Å². The Morgan fingerprint density at radius 2 is 2.21 bits per heavy atom. The fourth-order valence-corrected chi connectivity index (χ4v) is 5.57. The third-order valence-electron chi connectivity index (χ3n) is 7.53. The Labute approximate surface area is 231 Å². The molecule has 3 heterocycles. The maximum atomic E-state index is 13.7. The fourth-order valence-electron chi connectivity index (χ4n) is 5.57. The maximum absolute atomic E-state index is 13.7. The molecule has 0 saturated carbocycles. The molecule has 206 valence electrons. The molecule has 4 aliphatic rings. The van der Waals surface area contributed by atoms with Gasteiger partial charge < -0.3 is 21.4 Å². The van der Waals surface area contributed by atoms with Crippen LogP contribution in [-0.2, 0) is 6.54 Å². The summed E-state index contributed by atoms with van der Waals surface area (Å²) in [5, 5.41) is 9.18. The van der Waals surface area contributed by atoms with Gasteiger partial charge in [-0.3, -0.25) is 4.90 Å². The zero-order valence-corrected chi connectivity index (χ0v) is 22.8. The number of nitrogens with zero attached hydrogens (tertiary/aromatic N) is 3. The standard InChI is InChI=1S/C31H40FN7/c1-3-7-28-30(22(2)19-38-14-6-10-26(33)13-15-38)31(35-21-34-28)37-27-11-5-12-29-24(17-27)18-36-39(29)20-23-8-4-9-25(32)16-23/h3-5,7-9,12,16-17,26,34,36H,2,6,10-11,13-15,18-21,33H2,1H3,(H,35,37)/b7-3-. The van der Waals surface area contributed by atoms with Gasteiger partial charge in [0, 0.05) is 42.5 Å². The summed E-state index contributed by atoms with van der Waals surface area (Å²) in [4.78, 5) is 7.30. The monoisotopic (exact) mass is 529 g/mol. The quantitative estimate of drug-likeness (QED) is 0.428. The van der Waals surface area contributed by atoms with Crippen LogP contribution in [0.1, 0.15) is 38.2 Å². The molecule has 1 aliphatic carbocycles. The van der Waals surface area contributed by atoms with Crippen LogP contribution in [0.4, 0.5) is 4.39 Å². The van der Waals surface area contributed by atoms with E-state index in [1.165, 1.54) is 11.6 Å². The fraction of sp³-hybridized carbons (Fsp3) is 0.387. The average molecular weight is 530 g/mol. The molecule has 0 spiro atoms. The van der Waals surface area contributed by atoms with E-state index in [0.717, 1.165) is 85.0 Å². The Morgan fingerprint density at radius 1 is 1.31 bits per heavy atom. The van der Waals surface area contributed by atoms with Gasteiger partial charge in [-0.15, -0.1) is 0 Å². The number of rotatable bonds is 7. The number of aliphatic imine (C=N–C) groups is 1. The van der Waals surface area contributed by atoms with Crippen molar-refractivity contribution in [1.29, 1.82) is 0 Å². The third-order valence-corrected chi connectivity index (χ3v) is 7.53. The molecular weight excluding hydrogens is 489 g/mol. The van der Waals surface area contributed by atoms with Crippen molar-refractivity contribution in [3.8, 4) is 0 Å². The summed E-state index contributed by atoms with van der Waals surface area (Å²) in [5.41, 5.74) is 17.1. The van der Waals surface area contributed by atoms with Crippen LogP contribution in [0.2, 0.25) is 0 Å². The molecular formula is C31H40FN7. The number of hydrazine groups is 1. The summed E-state index contributed by atoms with van der Waals surface area (Å²) >= 11 is 0. The Morgan fingerprint density at radius 3 is 3.05 bits per heavy atom. The van der Waals surface area contributed by atoms with Gasteiger partial charge in [-0.05, 0) is 86.3 Å². The molecule has 0 bridgehead atoms. The number of allylic oxidation sites excluding steroid dienone is 4. The number of hydrogen-bond donors (Lipinski definition) is 4. The molecule has 1 atom stereocenters. The van der Waals surface area contributed by atoms with Crippen molar-refractivity contribution < 1.29 is 4.39 Å². The largest absolute Gasteiger partial charge is 0.366 e. The van der Waals surface area contributed by atoms with Gasteiger partial charge in [-0.25, -0.2) is 14.8 Å². The maximum Gasteiger partial charge on any atom is 0.136 e. The van der Waals surface area contributed by atoms with E-state index in [4.69, 9.17) is 10.7 Å². The van der Waals surface area contributed by atoms with Gasteiger partial charge >= 0.3 is 0 Å². The van der Waals surface area contributed by atoms with Gasteiger partial charge in [-0.2, -0.15) is 0 Å². The molecule has 0 aromatic heterocycles. The van der Waals surface area contributed by atoms with Gasteiger partial charge in [0.15, 0.2) is 0 Å². The molecule has 1 aromatic rings. The normalized spacial score (nSPS) is 22.3. The van der Waals surface area contributed by atoms with Crippen molar-refractivity contribution in [2.45, 2.75) is 45.2 Å². The lowest BCUT2D eigenvalue weighted by Crippen LogP contribution is -2.36. The van der Waals surface area contributed by atoms with Crippen LogP contribution in [0.3, 0.4) is 0 Å². The summed E-state index contributed by atoms with van der Waals surface area (Å²) in [6.45, 7) is 11.2. The molecule has 1 fully saturated rings. The van der Waals surface area contributed by atoms with Crippen LogP contribution in [0.5, 0.6) is 0 Å². The lowest BCUT2D eigenvalue weighted by Gasteiger charge is -2.27.